The molecule has 0 aliphatic carbocycles. The van der Waals surface area contributed by atoms with Gasteiger partial charge >= 0.3 is 0 Å². The lowest BCUT2D eigenvalue weighted by atomic mass is 10.2. The monoisotopic (exact) mass is 349 g/mol. The molecule has 0 bridgehead atoms. The first-order valence-corrected chi connectivity index (χ1v) is 8.48. The number of hydrogen-bond donors (Lipinski definition) is 1. The van der Waals surface area contributed by atoms with E-state index in [1.807, 2.05) is 27.9 Å². The van der Waals surface area contributed by atoms with Gasteiger partial charge < -0.3 is 19.1 Å². The molecule has 0 fully saturated rings. The van der Waals surface area contributed by atoms with Crippen molar-refractivity contribution in [3.8, 4) is 11.5 Å². The summed E-state index contributed by atoms with van der Waals surface area (Å²) in [5.41, 5.74) is 0.471. The number of amidine groups is 1. The number of nitrogens with zero attached hydrogens (tertiary/aromatic N) is 2. The lowest BCUT2D eigenvalue weighted by molar-refractivity contribution is 0.0962. The summed E-state index contributed by atoms with van der Waals surface area (Å²) in [6, 6.07) is 5.33. The van der Waals surface area contributed by atoms with Gasteiger partial charge in [-0.3, -0.25) is 10.1 Å². The smallest absolute Gasteiger partial charge is 0.291 e. The normalized spacial score (nSPS) is 13.4. The molecule has 2 rings (SSSR count). The number of nitrogens with one attached hydrogen (secondary N) is 1. The SMILES string of the molecule is CC(C)COC(=NCCCN(C)C)NC(=O)c1ccc2c(c1)OCO2. The summed E-state index contributed by atoms with van der Waals surface area (Å²) in [5, 5.41) is 2.75. The van der Waals surface area contributed by atoms with Crippen LogP contribution >= 0.6 is 0 Å². The number of fused-ring (bicyclic) bond motifs is 1. The summed E-state index contributed by atoms with van der Waals surface area (Å²) in [6.45, 7) is 6.28. The zero-order valence-electron chi connectivity index (χ0n) is 15.4. The van der Waals surface area contributed by atoms with Crippen LogP contribution in [0, 0.1) is 5.92 Å². The number of aliphatic imine (C=N–C) groups is 1. The highest BCUT2D eigenvalue weighted by Crippen LogP contribution is 2.32. The van der Waals surface area contributed by atoms with Crippen LogP contribution < -0.4 is 14.8 Å². The van der Waals surface area contributed by atoms with Crippen molar-refractivity contribution >= 4 is 11.9 Å². The molecular weight excluding hydrogens is 322 g/mol. The molecule has 0 saturated carbocycles. The van der Waals surface area contributed by atoms with E-state index in [0.717, 1.165) is 13.0 Å². The van der Waals surface area contributed by atoms with E-state index in [4.69, 9.17) is 14.2 Å². The van der Waals surface area contributed by atoms with Gasteiger partial charge in [0, 0.05) is 12.1 Å². The van der Waals surface area contributed by atoms with E-state index in [0.29, 0.717) is 36.1 Å². The predicted octanol–water partition coefficient (Wildman–Crippen LogP) is 2.13. The minimum atomic E-state index is -0.284. The fraction of sp³-hybridized carbons (Fsp3) is 0.556. The Morgan fingerprint density at radius 2 is 2.08 bits per heavy atom. The Morgan fingerprint density at radius 3 is 2.80 bits per heavy atom. The lowest BCUT2D eigenvalue weighted by Gasteiger charge is -2.13. The Morgan fingerprint density at radius 1 is 1.32 bits per heavy atom. The van der Waals surface area contributed by atoms with Crippen LogP contribution in [0.2, 0.25) is 0 Å². The highest BCUT2D eigenvalue weighted by atomic mass is 16.7. The zero-order chi connectivity index (χ0) is 18.2. The maximum absolute atomic E-state index is 12.5. The maximum atomic E-state index is 12.5. The fourth-order valence-corrected chi connectivity index (χ4v) is 2.14. The molecular formula is C18H27N3O4. The Kier molecular flexibility index (Phi) is 7.06. The van der Waals surface area contributed by atoms with Gasteiger partial charge in [0.25, 0.3) is 11.9 Å². The van der Waals surface area contributed by atoms with Crippen LogP contribution in [-0.2, 0) is 4.74 Å². The van der Waals surface area contributed by atoms with Crippen LogP contribution in [0.1, 0.15) is 30.6 Å². The molecule has 0 aromatic heterocycles. The molecule has 1 heterocycles. The van der Waals surface area contributed by atoms with Gasteiger partial charge in [-0.2, -0.15) is 0 Å². The summed E-state index contributed by atoms with van der Waals surface area (Å²) < 4.78 is 16.2. The van der Waals surface area contributed by atoms with Crippen molar-refractivity contribution in [2.45, 2.75) is 20.3 Å². The highest BCUT2D eigenvalue weighted by Gasteiger charge is 2.17. The summed E-state index contributed by atoms with van der Waals surface area (Å²) in [7, 11) is 4.03. The molecule has 1 amide bonds. The molecule has 0 radical (unpaired) electrons. The Hall–Kier alpha value is -2.28. The molecule has 0 unspecified atom stereocenters. The third kappa shape index (κ3) is 6.26. The standard InChI is InChI=1S/C18H27N3O4/c1-13(2)11-23-18(19-8-5-9-21(3)4)20-17(22)14-6-7-15-16(10-14)25-12-24-15/h6-7,10,13H,5,8-9,11-12H2,1-4H3,(H,19,20,22). The highest BCUT2D eigenvalue weighted by molar-refractivity contribution is 6.04. The molecule has 0 atom stereocenters. The first kappa shape index (κ1) is 19.1. The summed E-state index contributed by atoms with van der Waals surface area (Å²) in [5.74, 6) is 1.27. The molecule has 1 aliphatic rings. The van der Waals surface area contributed by atoms with E-state index in [9.17, 15) is 4.79 Å². The Balaban J connectivity index is 1.98. The fourth-order valence-electron chi connectivity index (χ4n) is 2.14. The molecule has 1 aromatic rings. The van der Waals surface area contributed by atoms with Crippen LogP contribution in [0.3, 0.4) is 0 Å². The van der Waals surface area contributed by atoms with Crippen LogP contribution in [0.4, 0.5) is 0 Å². The van der Waals surface area contributed by atoms with Crippen molar-refractivity contribution < 1.29 is 19.0 Å². The minimum absolute atomic E-state index is 0.177. The average molecular weight is 349 g/mol. The first-order chi connectivity index (χ1) is 12.0. The van der Waals surface area contributed by atoms with Crippen molar-refractivity contribution in [3.63, 3.8) is 0 Å². The second kappa shape index (κ2) is 9.27. The third-order valence-corrected chi connectivity index (χ3v) is 3.43. The number of carbonyl (C=O) groups excluding carboxylic acids is 1. The van der Waals surface area contributed by atoms with Gasteiger partial charge in [-0.25, -0.2) is 4.99 Å². The number of benzene rings is 1. The zero-order valence-corrected chi connectivity index (χ0v) is 15.4. The van der Waals surface area contributed by atoms with Gasteiger partial charge in [0.2, 0.25) is 6.79 Å². The van der Waals surface area contributed by atoms with Gasteiger partial charge in [0.05, 0.1) is 6.61 Å². The van der Waals surface area contributed by atoms with Crippen LogP contribution in [0.25, 0.3) is 0 Å². The predicted molar refractivity (Wildman–Crippen MR) is 96.3 cm³/mol. The number of ether oxygens (including phenoxy) is 3. The second-order valence-corrected chi connectivity index (χ2v) is 6.57. The summed E-state index contributed by atoms with van der Waals surface area (Å²) in [4.78, 5) is 18.9. The van der Waals surface area contributed by atoms with Crippen LogP contribution in [0.5, 0.6) is 11.5 Å². The van der Waals surface area contributed by atoms with Gasteiger partial charge in [-0.1, -0.05) is 13.8 Å². The first-order valence-electron chi connectivity index (χ1n) is 8.48. The quantitative estimate of drug-likeness (QED) is 0.464. The van der Waals surface area contributed by atoms with Crippen LogP contribution in [-0.4, -0.2) is 57.4 Å². The summed E-state index contributed by atoms with van der Waals surface area (Å²) in [6.07, 6.45) is 0.890. The van der Waals surface area contributed by atoms with Crippen molar-refractivity contribution in [3.05, 3.63) is 23.8 Å². The van der Waals surface area contributed by atoms with Crippen LogP contribution in [0.15, 0.2) is 23.2 Å². The van der Waals surface area contributed by atoms with E-state index in [1.165, 1.54) is 0 Å². The molecule has 138 valence electrons. The average Bonchev–Trinajstić information content (AvgIpc) is 3.03. The molecule has 0 saturated heterocycles. The lowest BCUT2D eigenvalue weighted by Crippen LogP contribution is -2.33. The molecule has 1 N–H and O–H groups in total. The number of hydrogen-bond acceptors (Lipinski definition) is 6. The number of carbonyl (C=O) groups is 1. The summed E-state index contributed by atoms with van der Waals surface area (Å²) >= 11 is 0. The third-order valence-electron chi connectivity index (χ3n) is 3.43. The van der Waals surface area contributed by atoms with Gasteiger partial charge in [0.15, 0.2) is 11.5 Å². The van der Waals surface area contributed by atoms with Crippen molar-refractivity contribution in [2.24, 2.45) is 10.9 Å². The molecule has 1 aliphatic heterocycles. The second-order valence-electron chi connectivity index (χ2n) is 6.57. The van der Waals surface area contributed by atoms with E-state index < -0.39 is 0 Å². The largest absolute Gasteiger partial charge is 0.465 e. The van der Waals surface area contributed by atoms with E-state index in [1.54, 1.807) is 18.2 Å². The van der Waals surface area contributed by atoms with Crippen molar-refractivity contribution in [2.75, 3.05) is 40.6 Å². The van der Waals surface area contributed by atoms with Gasteiger partial charge in [0.1, 0.15) is 0 Å². The molecule has 7 nitrogen and oxygen atoms in total. The van der Waals surface area contributed by atoms with E-state index >= 15 is 0 Å². The number of rotatable bonds is 7. The maximum Gasteiger partial charge on any atom is 0.291 e. The van der Waals surface area contributed by atoms with E-state index in [-0.39, 0.29) is 18.7 Å². The van der Waals surface area contributed by atoms with Gasteiger partial charge in [-0.15, -0.1) is 0 Å². The topological polar surface area (TPSA) is 72.4 Å². The van der Waals surface area contributed by atoms with Crippen molar-refractivity contribution in [1.82, 2.24) is 10.2 Å². The van der Waals surface area contributed by atoms with E-state index in [2.05, 4.69) is 15.2 Å². The minimum Gasteiger partial charge on any atom is -0.465 e. The molecule has 1 aromatic carbocycles. The Bertz CT molecular complexity index is 614. The number of amides is 1. The molecule has 25 heavy (non-hydrogen) atoms. The van der Waals surface area contributed by atoms with Crippen molar-refractivity contribution in [1.29, 1.82) is 0 Å². The Labute approximate surface area is 149 Å². The molecule has 0 spiro atoms. The molecule has 7 heteroatoms. The van der Waals surface area contributed by atoms with Gasteiger partial charge in [-0.05, 0) is 51.2 Å².